The van der Waals surface area contributed by atoms with Crippen molar-refractivity contribution in [2.24, 2.45) is 5.92 Å². The molecule has 7 heteroatoms. The number of halogens is 1. The van der Waals surface area contributed by atoms with Crippen molar-refractivity contribution in [3.63, 3.8) is 0 Å². The third-order valence-electron chi connectivity index (χ3n) is 5.57. The number of para-hydroxylation sites is 1. The molecular weight excluding hydrogens is 395 g/mol. The largest absolute Gasteiger partial charge is 0.356 e. The van der Waals surface area contributed by atoms with Crippen LogP contribution < -0.4 is 10.6 Å². The van der Waals surface area contributed by atoms with Crippen molar-refractivity contribution in [2.45, 2.75) is 45.4 Å². The van der Waals surface area contributed by atoms with Crippen LogP contribution in [0, 0.1) is 11.7 Å². The number of anilines is 2. The number of hydrogen-bond donors (Lipinski definition) is 2. The number of benzene rings is 1. The van der Waals surface area contributed by atoms with Crippen LogP contribution in [0.25, 0.3) is 0 Å². The van der Waals surface area contributed by atoms with Crippen molar-refractivity contribution >= 4 is 23.3 Å². The van der Waals surface area contributed by atoms with Crippen LogP contribution in [0.1, 0.15) is 55.8 Å². The summed E-state index contributed by atoms with van der Waals surface area (Å²) in [7, 11) is 0. The Kier molecular flexibility index (Phi) is 8.38. The van der Waals surface area contributed by atoms with Gasteiger partial charge in [0.15, 0.2) is 0 Å². The molecule has 1 saturated heterocycles. The van der Waals surface area contributed by atoms with Crippen LogP contribution in [0.3, 0.4) is 0 Å². The van der Waals surface area contributed by atoms with Crippen molar-refractivity contribution < 1.29 is 14.0 Å². The maximum atomic E-state index is 14.0. The number of amides is 2. The monoisotopic (exact) mass is 426 g/mol. The summed E-state index contributed by atoms with van der Waals surface area (Å²) in [5.74, 6) is -0.499. The predicted molar refractivity (Wildman–Crippen MR) is 120 cm³/mol. The summed E-state index contributed by atoms with van der Waals surface area (Å²) in [5.41, 5.74) is 0.626. The quantitative estimate of drug-likeness (QED) is 0.579. The van der Waals surface area contributed by atoms with Gasteiger partial charge in [-0.1, -0.05) is 38.3 Å². The first-order valence-electron chi connectivity index (χ1n) is 11.1. The van der Waals surface area contributed by atoms with Gasteiger partial charge in [0.2, 0.25) is 5.91 Å². The van der Waals surface area contributed by atoms with Crippen LogP contribution in [-0.2, 0) is 4.79 Å². The fourth-order valence-corrected chi connectivity index (χ4v) is 3.82. The molecule has 166 valence electrons. The van der Waals surface area contributed by atoms with E-state index in [0.29, 0.717) is 31.0 Å². The number of likely N-dealkylation sites (tertiary alicyclic amines) is 1. The molecule has 0 aliphatic carbocycles. The molecule has 31 heavy (non-hydrogen) atoms. The Bertz CT molecular complexity index is 889. The molecule has 0 bridgehead atoms. The fraction of sp³-hybridized carbons (Fsp3) is 0.458. The number of rotatable bonds is 9. The van der Waals surface area contributed by atoms with E-state index in [1.54, 1.807) is 41.4 Å². The van der Waals surface area contributed by atoms with Gasteiger partial charge in [0, 0.05) is 25.8 Å². The zero-order valence-electron chi connectivity index (χ0n) is 18.1. The number of nitrogens with zero attached hydrogens (tertiary/aromatic N) is 2. The number of hydrogen-bond acceptors (Lipinski definition) is 4. The first-order valence-corrected chi connectivity index (χ1v) is 11.1. The molecule has 1 aromatic carbocycles. The molecule has 2 amide bonds. The zero-order valence-corrected chi connectivity index (χ0v) is 18.1. The van der Waals surface area contributed by atoms with Gasteiger partial charge in [0.1, 0.15) is 11.6 Å². The van der Waals surface area contributed by atoms with Gasteiger partial charge in [-0.25, -0.2) is 9.37 Å². The minimum Gasteiger partial charge on any atom is -0.356 e. The van der Waals surface area contributed by atoms with Crippen molar-refractivity contribution in [3.05, 3.63) is 54.0 Å². The zero-order chi connectivity index (χ0) is 22.1. The smallest absolute Gasteiger partial charge is 0.257 e. The van der Waals surface area contributed by atoms with Gasteiger partial charge in [-0.3, -0.25) is 9.59 Å². The fourth-order valence-electron chi connectivity index (χ4n) is 3.82. The summed E-state index contributed by atoms with van der Waals surface area (Å²) < 4.78 is 14.0. The second-order valence-corrected chi connectivity index (χ2v) is 7.95. The van der Waals surface area contributed by atoms with Crippen LogP contribution in [0.2, 0.25) is 0 Å². The van der Waals surface area contributed by atoms with Crippen LogP contribution in [0.4, 0.5) is 15.9 Å². The second kappa shape index (κ2) is 11.4. The maximum Gasteiger partial charge on any atom is 0.257 e. The van der Waals surface area contributed by atoms with E-state index in [0.717, 1.165) is 32.1 Å². The van der Waals surface area contributed by atoms with E-state index >= 15 is 0 Å². The summed E-state index contributed by atoms with van der Waals surface area (Å²) in [6.45, 7) is 3.81. The molecule has 1 fully saturated rings. The lowest BCUT2D eigenvalue weighted by Gasteiger charge is -2.32. The lowest BCUT2D eigenvalue weighted by molar-refractivity contribution is -0.126. The highest BCUT2D eigenvalue weighted by molar-refractivity contribution is 5.99. The van der Waals surface area contributed by atoms with E-state index in [9.17, 15) is 14.0 Å². The number of unbranched alkanes of at least 4 members (excludes halogenated alkanes) is 3. The lowest BCUT2D eigenvalue weighted by Crippen LogP contribution is -2.45. The maximum absolute atomic E-state index is 14.0. The molecule has 2 aromatic rings. The molecule has 0 saturated carbocycles. The van der Waals surface area contributed by atoms with Crippen molar-refractivity contribution in [3.8, 4) is 0 Å². The normalized spacial score (nSPS) is 16.1. The molecule has 1 aliphatic rings. The van der Waals surface area contributed by atoms with Gasteiger partial charge in [-0.2, -0.15) is 0 Å². The van der Waals surface area contributed by atoms with Crippen LogP contribution in [-0.4, -0.2) is 41.3 Å². The van der Waals surface area contributed by atoms with Crippen molar-refractivity contribution in [2.75, 3.05) is 25.0 Å². The summed E-state index contributed by atoms with van der Waals surface area (Å²) in [6.07, 6.45) is 7.55. The third-order valence-corrected chi connectivity index (χ3v) is 5.57. The Balaban J connectivity index is 1.63. The minimum atomic E-state index is -0.416. The van der Waals surface area contributed by atoms with Crippen molar-refractivity contribution in [1.82, 2.24) is 15.2 Å². The Morgan fingerprint density at radius 3 is 2.81 bits per heavy atom. The standard InChI is InChI=1S/C24H31FN4O2/c1-2-3-4-7-14-27-23(30)18-10-9-16-29(17-18)24(31)19-11-8-15-26-22(19)28-21-13-6-5-12-20(21)25/h5-6,8,11-13,15,18H,2-4,7,9-10,14,16-17H2,1H3,(H,26,28)(H,27,30). The highest BCUT2D eigenvalue weighted by Gasteiger charge is 2.30. The summed E-state index contributed by atoms with van der Waals surface area (Å²) in [6, 6.07) is 9.63. The second-order valence-electron chi connectivity index (χ2n) is 7.95. The molecule has 6 nitrogen and oxygen atoms in total. The molecule has 0 radical (unpaired) electrons. The van der Waals surface area contributed by atoms with Gasteiger partial charge < -0.3 is 15.5 Å². The number of pyridine rings is 1. The predicted octanol–water partition coefficient (Wildman–Crippen LogP) is 4.51. The molecular formula is C24H31FN4O2. The number of nitrogens with one attached hydrogen (secondary N) is 2. The van der Waals surface area contributed by atoms with Crippen molar-refractivity contribution in [1.29, 1.82) is 0 Å². The number of aromatic nitrogens is 1. The van der Waals surface area contributed by atoms with Crippen LogP contribution in [0.15, 0.2) is 42.6 Å². The van der Waals surface area contributed by atoms with E-state index in [4.69, 9.17) is 0 Å². The molecule has 1 atom stereocenters. The Morgan fingerprint density at radius 2 is 2.00 bits per heavy atom. The van der Waals surface area contributed by atoms with Gasteiger partial charge in [0.05, 0.1) is 17.2 Å². The SMILES string of the molecule is CCCCCCNC(=O)C1CCCN(C(=O)c2cccnc2Nc2ccccc2F)C1. The topological polar surface area (TPSA) is 74.3 Å². The van der Waals surface area contributed by atoms with Gasteiger partial charge in [-0.05, 0) is 43.5 Å². The number of carbonyl (C=O) groups is 2. The Morgan fingerprint density at radius 1 is 1.16 bits per heavy atom. The van der Waals surface area contributed by atoms with E-state index in [2.05, 4.69) is 22.5 Å². The van der Waals surface area contributed by atoms with Crippen LogP contribution >= 0.6 is 0 Å². The number of piperidine rings is 1. The van der Waals surface area contributed by atoms with Crippen LogP contribution in [0.5, 0.6) is 0 Å². The van der Waals surface area contributed by atoms with E-state index in [1.165, 1.54) is 12.5 Å². The van der Waals surface area contributed by atoms with E-state index in [-0.39, 0.29) is 23.4 Å². The van der Waals surface area contributed by atoms with E-state index in [1.807, 2.05) is 0 Å². The lowest BCUT2D eigenvalue weighted by atomic mass is 9.96. The Labute approximate surface area is 183 Å². The third kappa shape index (κ3) is 6.26. The van der Waals surface area contributed by atoms with E-state index < -0.39 is 5.82 Å². The molecule has 1 unspecified atom stereocenters. The van der Waals surface area contributed by atoms with Gasteiger partial charge in [-0.15, -0.1) is 0 Å². The summed E-state index contributed by atoms with van der Waals surface area (Å²) in [4.78, 5) is 31.7. The Hall–Kier alpha value is -2.96. The number of carbonyl (C=O) groups excluding carboxylic acids is 2. The first kappa shape index (κ1) is 22.7. The minimum absolute atomic E-state index is 0.0184. The molecule has 3 rings (SSSR count). The van der Waals surface area contributed by atoms with Gasteiger partial charge >= 0.3 is 0 Å². The molecule has 1 aromatic heterocycles. The highest BCUT2D eigenvalue weighted by Crippen LogP contribution is 2.24. The van der Waals surface area contributed by atoms with Gasteiger partial charge in [0.25, 0.3) is 5.91 Å². The molecule has 0 spiro atoms. The average molecular weight is 427 g/mol. The highest BCUT2D eigenvalue weighted by atomic mass is 19.1. The molecule has 2 heterocycles. The molecule has 2 N–H and O–H groups in total. The average Bonchev–Trinajstić information content (AvgIpc) is 2.80. The summed E-state index contributed by atoms with van der Waals surface area (Å²) in [5, 5.41) is 5.94. The summed E-state index contributed by atoms with van der Waals surface area (Å²) >= 11 is 0. The first-order chi connectivity index (χ1) is 15.1. The molecule has 1 aliphatic heterocycles.